The Morgan fingerprint density at radius 2 is 1.95 bits per heavy atom. The van der Waals surface area contributed by atoms with Crippen LogP contribution in [0.4, 0.5) is 0 Å². The number of benzene rings is 1. The third-order valence-electron chi connectivity index (χ3n) is 3.18. The van der Waals surface area contributed by atoms with Gasteiger partial charge in [0.15, 0.2) is 5.76 Å². The third kappa shape index (κ3) is 2.05. The number of rotatable bonds is 2. The van der Waals surface area contributed by atoms with Gasteiger partial charge in [-0.15, -0.1) is 0 Å². The second kappa shape index (κ2) is 4.49. The first-order chi connectivity index (χ1) is 9.54. The highest BCUT2D eigenvalue weighted by atomic mass is 16.4. The van der Waals surface area contributed by atoms with E-state index in [-0.39, 0.29) is 5.56 Å². The minimum absolute atomic E-state index is 0.239. The van der Waals surface area contributed by atoms with Crippen molar-refractivity contribution in [1.29, 1.82) is 0 Å². The average Bonchev–Trinajstić information content (AvgIpc) is 2.84. The molecule has 0 amide bonds. The molecule has 0 spiro atoms. The molecule has 4 heteroatoms. The van der Waals surface area contributed by atoms with Crippen LogP contribution in [0.3, 0.4) is 0 Å². The van der Waals surface area contributed by atoms with E-state index in [1.165, 1.54) is 0 Å². The van der Waals surface area contributed by atoms with Crippen molar-refractivity contribution in [2.24, 2.45) is 0 Å². The Bertz CT molecular complexity index is 818. The van der Waals surface area contributed by atoms with E-state index in [1.807, 2.05) is 38.1 Å². The molecule has 20 heavy (non-hydrogen) atoms. The Morgan fingerprint density at radius 1 is 1.15 bits per heavy atom. The molecule has 0 fully saturated rings. The number of carboxylic acid groups (broad SMARTS) is 1. The largest absolute Gasteiger partial charge is 0.478 e. The van der Waals surface area contributed by atoms with Crippen LogP contribution in [0.1, 0.15) is 21.5 Å². The molecule has 0 bridgehead atoms. The summed E-state index contributed by atoms with van der Waals surface area (Å²) in [6.45, 7) is 3.84. The van der Waals surface area contributed by atoms with Crippen LogP contribution in [0.2, 0.25) is 0 Å². The molecule has 0 aliphatic rings. The molecule has 4 nitrogen and oxygen atoms in total. The lowest BCUT2D eigenvalue weighted by atomic mass is 10.0. The first-order valence-electron chi connectivity index (χ1n) is 6.25. The lowest BCUT2D eigenvalue weighted by Gasteiger charge is -2.06. The van der Waals surface area contributed by atoms with Gasteiger partial charge < -0.3 is 9.52 Å². The molecule has 3 rings (SSSR count). The van der Waals surface area contributed by atoms with E-state index in [2.05, 4.69) is 4.98 Å². The van der Waals surface area contributed by atoms with E-state index in [1.54, 1.807) is 12.3 Å². The molecule has 0 aliphatic carbocycles. The number of furan rings is 1. The first-order valence-corrected chi connectivity index (χ1v) is 6.25. The number of aromatic carboxylic acids is 1. The van der Waals surface area contributed by atoms with Gasteiger partial charge in [0.1, 0.15) is 5.69 Å². The molecule has 3 aromatic rings. The fraction of sp³-hybridized carbons (Fsp3) is 0.125. The van der Waals surface area contributed by atoms with E-state index in [9.17, 15) is 9.90 Å². The maximum Gasteiger partial charge on any atom is 0.336 e. The fourth-order valence-corrected chi connectivity index (χ4v) is 2.21. The third-order valence-corrected chi connectivity index (χ3v) is 3.18. The van der Waals surface area contributed by atoms with Crippen molar-refractivity contribution in [2.45, 2.75) is 13.8 Å². The van der Waals surface area contributed by atoms with Gasteiger partial charge >= 0.3 is 5.97 Å². The summed E-state index contributed by atoms with van der Waals surface area (Å²) in [7, 11) is 0. The molecule has 0 aliphatic heterocycles. The molecular weight excluding hydrogens is 254 g/mol. The van der Waals surface area contributed by atoms with Crippen molar-refractivity contribution >= 4 is 16.9 Å². The van der Waals surface area contributed by atoms with Crippen molar-refractivity contribution in [3.8, 4) is 11.5 Å². The van der Waals surface area contributed by atoms with Crippen LogP contribution in [-0.2, 0) is 0 Å². The maximum atomic E-state index is 11.5. The van der Waals surface area contributed by atoms with Crippen LogP contribution >= 0.6 is 0 Å². The summed E-state index contributed by atoms with van der Waals surface area (Å²) in [4.78, 5) is 15.9. The van der Waals surface area contributed by atoms with Gasteiger partial charge in [-0.05, 0) is 43.7 Å². The molecule has 0 saturated carbocycles. The number of pyridine rings is 1. The minimum atomic E-state index is -0.965. The molecule has 100 valence electrons. The Balaban J connectivity index is 2.31. The molecular formula is C16H13NO3. The Kier molecular flexibility index (Phi) is 2.79. The SMILES string of the molecule is Cc1coc(-c2cc(C(=O)O)c3cc(C)ccc3n2)c1. The van der Waals surface area contributed by atoms with Crippen molar-refractivity contribution in [1.82, 2.24) is 4.98 Å². The fourth-order valence-electron chi connectivity index (χ4n) is 2.21. The summed E-state index contributed by atoms with van der Waals surface area (Å²) >= 11 is 0. The summed E-state index contributed by atoms with van der Waals surface area (Å²) in [5, 5.41) is 10.0. The van der Waals surface area contributed by atoms with Crippen LogP contribution in [-0.4, -0.2) is 16.1 Å². The summed E-state index contributed by atoms with van der Waals surface area (Å²) in [6.07, 6.45) is 1.62. The Labute approximate surface area is 115 Å². The second-order valence-corrected chi connectivity index (χ2v) is 4.87. The molecule has 1 N–H and O–H groups in total. The van der Waals surface area contributed by atoms with Crippen LogP contribution < -0.4 is 0 Å². The van der Waals surface area contributed by atoms with E-state index >= 15 is 0 Å². The zero-order valence-electron chi connectivity index (χ0n) is 11.2. The van der Waals surface area contributed by atoms with Crippen LogP contribution in [0.25, 0.3) is 22.4 Å². The molecule has 0 saturated heterocycles. The van der Waals surface area contributed by atoms with Crippen LogP contribution in [0, 0.1) is 13.8 Å². The lowest BCUT2D eigenvalue weighted by Crippen LogP contribution is -2.00. The summed E-state index contributed by atoms with van der Waals surface area (Å²) in [5.41, 5.74) is 3.40. The predicted octanol–water partition coefficient (Wildman–Crippen LogP) is 3.81. The molecule has 2 heterocycles. The summed E-state index contributed by atoms with van der Waals surface area (Å²) < 4.78 is 5.40. The van der Waals surface area contributed by atoms with E-state index < -0.39 is 5.97 Å². The number of fused-ring (bicyclic) bond motifs is 1. The van der Waals surface area contributed by atoms with Gasteiger partial charge in [0, 0.05) is 5.39 Å². The number of carbonyl (C=O) groups is 1. The quantitative estimate of drug-likeness (QED) is 0.766. The number of hydrogen-bond acceptors (Lipinski definition) is 3. The van der Waals surface area contributed by atoms with Gasteiger partial charge in [0.05, 0.1) is 17.3 Å². The first kappa shape index (κ1) is 12.4. The zero-order valence-corrected chi connectivity index (χ0v) is 11.2. The van der Waals surface area contributed by atoms with Crippen LogP contribution in [0.5, 0.6) is 0 Å². The molecule has 0 radical (unpaired) electrons. The van der Waals surface area contributed by atoms with Crippen molar-refractivity contribution in [3.05, 3.63) is 53.3 Å². The van der Waals surface area contributed by atoms with Crippen LogP contribution in [0.15, 0.2) is 41.0 Å². The normalized spacial score (nSPS) is 10.9. The molecule has 2 aromatic heterocycles. The van der Waals surface area contributed by atoms with Gasteiger partial charge in [-0.3, -0.25) is 0 Å². The Morgan fingerprint density at radius 3 is 2.60 bits per heavy atom. The highest BCUT2D eigenvalue weighted by Crippen LogP contribution is 2.26. The molecule has 0 unspecified atom stereocenters. The van der Waals surface area contributed by atoms with Gasteiger partial charge in [-0.1, -0.05) is 11.6 Å². The van der Waals surface area contributed by atoms with Crippen molar-refractivity contribution in [2.75, 3.05) is 0 Å². The summed E-state index contributed by atoms with van der Waals surface area (Å²) in [5.74, 6) is -0.389. The topological polar surface area (TPSA) is 63.3 Å². The van der Waals surface area contributed by atoms with Gasteiger partial charge in [0.2, 0.25) is 0 Å². The standard InChI is InChI=1S/C16H13NO3/c1-9-3-4-13-11(5-9)12(16(18)19)7-14(17-13)15-6-10(2)8-20-15/h3-8H,1-2H3,(H,18,19). The number of aryl methyl sites for hydroxylation is 2. The smallest absolute Gasteiger partial charge is 0.336 e. The van der Waals surface area contributed by atoms with E-state index in [0.29, 0.717) is 22.4 Å². The lowest BCUT2D eigenvalue weighted by molar-refractivity contribution is 0.0699. The van der Waals surface area contributed by atoms with Gasteiger partial charge in [0.25, 0.3) is 0 Å². The average molecular weight is 267 g/mol. The van der Waals surface area contributed by atoms with E-state index in [4.69, 9.17) is 4.42 Å². The molecule has 1 aromatic carbocycles. The number of nitrogens with zero attached hydrogens (tertiary/aromatic N) is 1. The Hall–Kier alpha value is -2.62. The minimum Gasteiger partial charge on any atom is -0.478 e. The van der Waals surface area contributed by atoms with E-state index in [0.717, 1.165) is 11.1 Å². The number of carboxylic acids is 1. The number of aromatic nitrogens is 1. The number of hydrogen-bond donors (Lipinski definition) is 1. The highest BCUT2D eigenvalue weighted by Gasteiger charge is 2.14. The second-order valence-electron chi connectivity index (χ2n) is 4.87. The summed E-state index contributed by atoms with van der Waals surface area (Å²) in [6, 6.07) is 8.98. The van der Waals surface area contributed by atoms with Crippen molar-refractivity contribution < 1.29 is 14.3 Å². The maximum absolute atomic E-state index is 11.5. The predicted molar refractivity (Wildman–Crippen MR) is 75.9 cm³/mol. The van der Waals surface area contributed by atoms with Crippen molar-refractivity contribution in [3.63, 3.8) is 0 Å². The van der Waals surface area contributed by atoms with Gasteiger partial charge in [-0.2, -0.15) is 0 Å². The molecule has 0 atom stereocenters. The van der Waals surface area contributed by atoms with Gasteiger partial charge in [-0.25, -0.2) is 9.78 Å². The monoisotopic (exact) mass is 267 g/mol. The zero-order chi connectivity index (χ0) is 14.3. The highest BCUT2D eigenvalue weighted by molar-refractivity contribution is 6.03.